The second kappa shape index (κ2) is 9.66. The maximum Gasteiger partial charge on any atom is 0.224 e. The number of benzene rings is 1. The molecule has 0 unspecified atom stereocenters. The molecule has 0 fully saturated rings. The molecule has 0 aliphatic heterocycles. The molecule has 5 heteroatoms. The molecule has 0 bridgehead atoms. The molecule has 0 atom stereocenters. The summed E-state index contributed by atoms with van der Waals surface area (Å²) in [5.74, 6) is 2.45. The summed E-state index contributed by atoms with van der Waals surface area (Å²) in [6.07, 6.45) is 6.25. The minimum atomic E-state index is 0.684. The average molecular weight is 314 g/mol. The van der Waals surface area contributed by atoms with E-state index in [2.05, 4.69) is 33.6 Å². The molecule has 0 saturated heterocycles. The number of anilines is 2. The first-order valence-electron chi connectivity index (χ1n) is 8.26. The number of nitrogens with one attached hydrogen (secondary N) is 2. The van der Waals surface area contributed by atoms with Crippen molar-refractivity contribution in [2.24, 2.45) is 0 Å². The Morgan fingerprint density at radius 2 is 1.91 bits per heavy atom. The van der Waals surface area contributed by atoms with Crippen LogP contribution in [0.3, 0.4) is 0 Å². The first-order valence-corrected chi connectivity index (χ1v) is 8.26. The number of methoxy groups -OCH3 is 1. The summed E-state index contributed by atoms with van der Waals surface area (Å²) in [6.45, 7) is 3.91. The molecule has 124 valence electrons. The molecule has 5 nitrogen and oxygen atoms in total. The molecule has 2 aromatic rings. The van der Waals surface area contributed by atoms with Crippen molar-refractivity contribution in [1.82, 2.24) is 9.97 Å². The first kappa shape index (κ1) is 17.1. The maximum absolute atomic E-state index is 5.37. The highest BCUT2D eigenvalue weighted by atomic mass is 16.5. The van der Waals surface area contributed by atoms with Crippen molar-refractivity contribution in [2.75, 3.05) is 30.8 Å². The van der Waals surface area contributed by atoms with Crippen LogP contribution in [-0.2, 0) is 6.42 Å². The number of hydrogen-bond donors (Lipinski definition) is 2. The van der Waals surface area contributed by atoms with Crippen LogP contribution in [0, 0.1) is 0 Å². The number of nitrogens with zero attached hydrogens (tertiary/aromatic N) is 2. The van der Waals surface area contributed by atoms with Crippen LogP contribution in [0.15, 0.2) is 36.5 Å². The Morgan fingerprint density at radius 1 is 1.04 bits per heavy atom. The summed E-state index contributed by atoms with van der Waals surface area (Å²) in [4.78, 5) is 8.73. The van der Waals surface area contributed by atoms with E-state index >= 15 is 0 Å². The highest BCUT2D eigenvalue weighted by Gasteiger charge is 2.02. The van der Waals surface area contributed by atoms with Crippen LogP contribution in [0.25, 0.3) is 0 Å². The lowest BCUT2D eigenvalue weighted by Crippen LogP contribution is -2.10. The van der Waals surface area contributed by atoms with Crippen molar-refractivity contribution in [3.05, 3.63) is 42.1 Å². The van der Waals surface area contributed by atoms with Gasteiger partial charge in [0.1, 0.15) is 11.6 Å². The topological polar surface area (TPSA) is 59.1 Å². The Balaban J connectivity index is 1.81. The van der Waals surface area contributed by atoms with Gasteiger partial charge in [0.15, 0.2) is 0 Å². The second-order valence-electron chi connectivity index (χ2n) is 5.39. The quantitative estimate of drug-likeness (QED) is 0.654. The average Bonchev–Trinajstić information content (AvgIpc) is 2.60. The van der Waals surface area contributed by atoms with Crippen LogP contribution in [0.2, 0.25) is 0 Å². The van der Waals surface area contributed by atoms with Gasteiger partial charge < -0.3 is 15.4 Å². The Hall–Kier alpha value is -2.30. The summed E-state index contributed by atoms with van der Waals surface area (Å²) in [5.41, 5.74) is 1.19. The van der Waals surface area contributed by atoms with Crippen LogP contribution in [0.5, 0.6) is 5.75 Å². The highest BCUT2D eigenvalue weighted by Crippen LogP contribution is 2.17. The third-order valence-corrected chi connectivity index (χ3v) is 3.61. The molecule has 0 radical (unpaired) electrons. The molecule has 1 heterocycles. The minimum Gasteiger partial charge on any atom is -0.496 e. The van der Waals surface area contributed by atoms with Gasteiger partial charge in [-0.3, -0.25) is 0 Å². The molecule has 2 rings (SSSR count). The third-order valence-electron chi connectivity index (χ3n) is 3.61. The summed E-state index contributed by atoms with van der Waals surface area (Å²) in [7, 11) is 1.70. The van der Waals surface area contributed by atoms with Gasteiger partial charge in [0.2, 0.25) is 5.95 Å². The van der Waals surface area contributed by atoms with Crippen LogP contribution < -0.4 is 15.4 Å². The van der Waals surface area contributed by atoms with Gasteiger partial charge >= 0.3 is 0 Å². The third kappa shape index (κ3) is 5.77. The largest absolute Gasteiger partial charge is 0.496 e. The fourth-order valence-electron chi connectivity index (χ4n) is 2.35. The van der Waals surface area contributed by atoms with Crippen molar-refractivity contribution < 1.29 is 4.74 Å². The number of rotatable bonds is 10. The second-order valence-corrected chi connectivity index (χ2v) is 5.39. The number of unbranched alkanes of at least 4 members (excludes halogenated alkanes) is 2. The van der Waals surface area contributed by atoms with Gasteiger partial charge in [-0.15, -0.1) is 0 Å². The number of ether oxygens (including phenoxy) is 1. The van der Waals surface area contributed by atoms with E-state index in [0.29, 0.717) is 5.95 Å². The van der Waals surface area contributed by atoms with E-state index in [0.717, 1.165) is 37.5 Å². The van der Waals surface area contributed by atoms with E-state index in [-0.39, 0.29) is 0 Å². The molecule has 0 spiro atoms. The zero-order chi connectivity index (χ0) is 16.3. The molecule has 0 aliphatic carbocycles. The van der Waals surface area contributed by atoms with E-state index < -0.39 is 0 Å². The highest BCUT2D eigenvalue weighted by molar-refractivity contribution is 5.40. The lowest BCUT2D eigenvalue weighted by atomic mass is 10.1. The van der Waals surface area contributed by atoms with Gasteiger partial charge in [-0.2, -0.15) is 4.98 Å². The van der Waals surface area contributed by atoms with Crippen LogP contribution >= 0.6 is 0 Å². The fraction of sp³-hybridized carbons (Fsp3) is 0.444. The Labute approximate surface area is 138 Å². The Morgan fingerprint density at radius 3 is 2.74 bits per heavy atom. The first-order chi connectivity index (χ1) is 11.3. The van der Waals surface area contributed by atoms with Gasteiger partial charge in [-0.05, 0) is 30.5 Å². The summed E-state index contributed by atoms with van der Waals surface area (Å²) in [6, 6.07) is 9.97. The Bertz CT molecular complexity index is 589. The monoisotopic (exact) mass is 314 g/mol. The maximum atomic E-state index is 5.37. The molecule has 1 aromatic carbocycles. The van der Waals surface area contributed by atoms with E-state index in [9.17, 15) is 0 Å². The number of hydrogen-bond acceptors (Lipinski definition) is 5. The molecule has 0 aliphatic rings. The van der Waals surface area contributed by atoms with E-state index in [1.165, 1.54) is 18.4 Å². The van der Waals surface area contributed by atoms with Gasteiger partial charge in [-0.1, -0.05) is 38.0 Å². The molecule has 1 aromatic heterocycles. The van der Waals surface area contributed by atoms with Crippen LogP contribution in [-0.4, -0.2) is 30.2 Å². The van der Waals surface area contributed by atoms with E-state index in [1.807, 2.05) is 24.3 Å². The van der Waals surface area contributed by atoms with E-state index in [1.54, 1.807) is 13.3 Å². The minimum absolute atomic E-state index is 0.684. The SMILES string of the molecule is CCCCCNc1nccc(NCCc2ccccc2OC)n1. The summed E-state index contributed by atoms with van der Waals surface area (Å²) < 4.78 is 5.37. The number of para-hydroxylation sites is 1. The lowest BCUT2D eigenvalue weighted by Gasteiger charge is -2.10. The molecule has 0 amide bonds. The van der Waals surface area contributed by atoms with Crippen molar-refractivity contribution >= 4 is 11.8 Å². The zero-order valence-electron chi connectivity index (χ0n) is 14.0. The summed E-state index contributed by atoms with van der Waals surface area (Å²) in [5, 5.41) is 6.60. The predicted molar refractivity (Wildman–Crippen MR) is 95.2 cm³/mol. The molecule has 0 saturated carbocycles. The van der Waals surface area contributed by atoms with E-state index in [4.69, 9.17) is 4.74 Å². The van der Waals surface area contributed by atoms with Crippen molar-refractivity contribution in [2.45, 2.75) is 32.6 Å². The normalized spacial score (nSPS) is 10.3. The summed E-state index contributed by atoms with van der Waals surface area (Å²) >= 11 is 0. The van der Waals surface area contributed by atoms with Gasteiger partial charge in [0, 0.05) is 19.3 Å². The van der Waals surface area contributed by atoms with Gasteiger partial charge in [0.25, 0.3) is 0 Å². The van der Waals surface area contributed by atoms with Crippen molar-refractivity contribution in [1.29, 1.82) is 0 Å². The molecule has 2 N–H and O–H groups in total. The van der Waals surface area contributed by atoms with Crippen LogP contribution in [0.1, 0.15) is 31.7 Å². The smallest absolute Gasteiger partial charge is 0.224 e. The van der Waals surface area contributed by atoms with Crippen molar-refractivity contribution in [3.8, 4) is 5.75 Å². The van der Waals surface area contributed by atoms with Crippen LogP contribution in [0.4, 0.5) is 11.8 Å². The zero-order valence-corrected chi connectivity index (χ0v) is 14.0. The lowest BCUT2D eigenvalue weighted by molar-refractivity contribution is 0.410. The number of aromatic nitrogens is 2. The predicted octanol–water partition coefficient (Wildman–Crippen LogP) is 3.74. The fourth-order valence-corrected chi connectivity index (χ4v) is 2.35. The van der Waals surface area contributed by atoms with Gasteiger partial charge in [-0.25, -0.2) is 4.98 Å². The van der Waals surface area contributed by atoms with Crippen molar-refractivity contribution in [3.63, 3.8) is 0 Å². The molecular weight excluding hydrogens is 288 g/mol. The standard InChI is InChI=1S/C18H26N4O/c1-3-4-7-12-20-18-21-14-11-17(22-18)19-13-10-15-8-5-6-9-16(15)23-2/h5-6,8-9,11,14H,3-4,7,10,12-13H2,1-2H3,(H2,19,20,21,22). The molecular formula is C18H26N4O. The van der Waals surface area contributed by atoms with Gasteiger partial charge in [0.05, 0.1) is 7.11 Å². The molecule has 23 heavy (non-hydrogen) atoms. The Kier molecular flexibility index (Phi) is 7.17.